The highest BCUT2D eigenvalue weighted by Crippen LogP contribution is 2.32. The number of nitrogens with one attached hydrogen (secondary N) is 1. The summed E-state index contributed by atoms with van der Waals surface area (Å²) in [6.07, 6.45) is 5.21. The monoisotopic (exact) mass is 414 g/mol. The Morgan fingerprint density at radius 3 is 2.45 bits per heavy atom. The second kappa shape index (κ2) is 7.75. The van der Waals surface area contributed by atoms with Gasteiger partial charge in [0.15, 0.2) is 0 Å². The molecule has 2 aromatic carbocycles. The fourth-order valence-electron chi connectivity index (χ4n) is 4.41. The summed E-state index contributed by atoms with van der Waals surface area (Å²) in [4.78, 5) is 42.5. The van der Waals surface area contributed by atoms with Crippen molar-refractivity contribution in [3.63, 3.8) is 0 Å². The van der Waals surface area contributed by atoms with Crippen molar-refractivity contribution >= 4 is 29.1 Å². The minimum Gasteiger partial charge on any atom is -0.327 e. The zero-order valence-electron chi connectivity index (χ0n) is 16.9. The Kier molecular flexibility index (Phi) is 4.78. The summed E-state index contributed by atoms with van der Waals surface area (Å²) in [5.74, 6) is -0.668. The summed E-state index contributed by atoms with van der Waals surface area (Å²) in [5, 5.41) is 2.94. The molecule has 31 heavy (non-hydrogen) atoms. The molecular formula is C24H22N4O3. The summed E-state index contributed by atoms with van der Waals surface area (Å²) in [6, 6.07) is 17.8. The van der Waals surface area contributed by atoms with Crippen LogP contribution in [0.5, 0.6) is 0 Å². The van der Waals surface area contributed by atoms with E-state index in [2.05, 4.69) is 5.32 Å². The van der Waals surface area contributed by atoms with E-state index >= 15 is 0 Å². The lowest BCUT2D eigenvalue weighted by atomic mass is 10.1. The van der Waals surface area contributed by atoms with Crippen molar-refractivity contribution in [2.45, 2.75) is 18.9 Å². The molecule has 1 saturated heterocycles. The number of amides is 3. The lowest BCUT2D eigenvalue weighted by molar-refractivity contribution is -0.124. The molecule has 0 unspecified atom stereocenters. The Morgan fingerprint density at radius 1 is 0.935 bits per heavy atom. The Bertz CT molecular complexity index is 1160. The van der Waals surface area contributed by atoms with Crippen molar-refractivity contribution in [1.82, 2.24) is 9.47 Å². The fourth-order valence-corrected chi connectivity index (χ4v) is 4.41. The van der Waals surface area contributed by atoms with Gasteiger partial charge >= 0.3 is 0 Å². The van der Waals surface area contributed by atoms with E-state index in [0.717, 1.165) is 12.1 Å². The number of carbonyl (C=O) groups is 3. The van der Waals surface area contributed by atoms with Crippen LogP contribution < -0.4 is 10.2 Å². The number of para-hydroxylation sites is 3. The molecule has 0 bridgehead atoms. The largest absolute Gasteiger partial charge is 0.327 e. The van der Waals surface area contributed by atoms with E-state index in [1.54, 1.807) is 29.2 Å². The van der Waals surface area contributed by atoms with E-state index in [9.17, 15) is 14.4 Å². The molecule has 0 aliphatic carbocycles. The lowest BCUT2D eigenvalue weighted by Gasteiger charge is -2.25. The van der Waals surface area contributed by atoms with E-state index in [0.29, 0.717) is 29.9 Å². The molecule has 1 fully saturated rings. The molecular weight excluding hydrogens is 392 g/mol. The number of hydrogen-bond donors (Lipinski definition) is 1. The van der Waals surface area contributed by atoms with Crippen LogP contribution in [0.2, 0.25) is 0 Å². The Morgan fingerprint density at radius 2 is 1.65 bits per heavy atom. The van der Waals surface area contributed by atoms with Crippen molar-refractivity contribution in [1.29, 1.82) is 0 Å². The first kappa shape index (κ1) is 19.1. The smallest absolute Gasteiger partial charge is 0.256 e. The molecule has 2 aliphatic rings. The Hall–Kier alpha value is -3.87. The summed E-state index contributed by atoms with van der Waals surface area (Å²) < 4.78 is 1.91. The molecule has 1 aromatic heterocycles. The minimum absolute atomic E-state index is 0.146. The molecule has 3 aromatic rings. The van der Waals surface area contributed by atoms with E-state index in [-0.39, 0.29) is 24.3 Å². The van der Waals surface area contributed by atoms with Crippen LogP contribution in [0.4, 0.5) is 11.4 Å². The van der Waals surface area contributed by atoms with Gasteiger partial charge in [0.2, 0.25) is 11.8 Å². The topological polar surface area (TPSA) is 74.7 Å². The molecule has 3 amide bonds. The summed E-state index contributed by atoms with van der Waals surface area (Å²) in [7, 11) is 0. The number of anilines is 2. The second-order valence-corrected chi connectivity index (χ2v) is 7.75. The van der Waals surface area contributed by atoms with Crippen LogP contribution in [0.3, 0.4) is 0 Å². The van der Waals surface area contributed by atoms with Gasteiger partial charge in [-0.1, -0.05) is 24.3 Å². The molecule has 0 saturated carbocycles. The second-order valence-electron chi connectivity index (χ2n) is 7.75. The third-order valence-electron chi connectivity index (χ3n) is 5.85. The molecule has 0 spiro atoms. The first-order valence-corrected chi connectivity index (χ1v) is 10.4. The van der Waals surface area contributed by atoms with Crippen molar-refractivity contribution in [2.24, 2.45) is 0 Å². The lowest BCUT2D eigenvalue weighted by Crippen LogP contribution is -2.47. The van der Waals surface area contributed by atoms with Gasteiger partial charge in [-0.2, -0.15) is 0 Å². The van der Waals surface area contributed by atoms with Gasteiger partial charge in [-0.25, -0.2) is 0 Å². The predicted molar refractivity (Wildman–Crippen MR) is 117 cm³/mol. The third kappa shape index (κ3) is 3.38. The van der Waals surface area contributed by atoms with Gasteiger partial charge in [-0.3, -0.25) is 14.4 Å². The van der Waals surface area contributed by atoms with Crippen molar-refractivity contribution in [3.8, 4) is 5.69 Å². The van der Waals surface area contributed by atoms with Gasteiger partial charge in [0.25, 0.3) is 5.91 Å². The van der Waals surface area contributed by atoms with Gasteiger partial charge in [-0.05, 0) is 49.2 Å². The van der Waals surface area contributed by atoms with Crippen LogP contribution in [0.25, 0.3) is 5.69 Å². The summed E-state index contributed by atoms with van der Waals surface area (Å²) in [5.41, 5.74) is 2.43. The number of rotatable bonds is 4. The zero-order chi connectivity index (χ0) is 21.4. The number of aromatic nitrogens is 1. The Labute approximate surface area is 179 Å². The van der Waals surface area contributed by atoms with Gasteiger partial charge in [0.1, 0.15) is 12.6 Å². The SMILES string of the molecule is O=C(CN1C(=O)[C@H]2CCCN2C(=O)c2ccccc21)Nc1ccccc1-n1cccc1. The first-order valence-electron chi connectivity index (χ1n) is 10.4. The maximum absolute atomic E-state index is 13.3. The molecule has 5 rings (SSSR count). The third-order valence-corrected chi connectivity index (χ3v) is 5.85. The highest BCUT2D eigenvalue weighted by Gasteiger charge is 2.42. The zero-order valence-corrected chi connectivity index (χ0v) is 16.9. The van der Waals surface area contributed by atoms with E-state index in [4.69, 9.17) is 0 Å². The molecule has 0 radical (unpaired) electrons. The maximum atomic E-state index is 13.3. The van der Waals surface area contributed by atoms with Gasteiger partial charge in [0.05, 0.1) is 22.6 Å². The maximum Gasteiger partial charge on any atom is 0.256 e. The number of nitrogens with zero attached hydrogens (tertiary/aromatic N) is 3. The molecule has 3 heterocycles. The van der Waals surface area contributed by atoms with Gasteiger partial charge < -0.3 is 19.7 Å². The van der Waals surface area contributed by atoms with Crippen molar-refractivity contribution in [3.05, 3.63) is 78.6 Å². The number of carbonyl (C=O) groups excluding carboxylic acids is 3. The quantitative estimate of drug-likeness (QED) is 0.713. The standard InChI is InChI=1S/C24H22N4O3/c29-22(25-18-9-2-4-11-20(18)26-13-5-6-14-26)16-28-19-10-3-1-8-17(19)23(30)27-15-7-12-21(27)24(28)31/h1-6,8-11,13-14,21H,7,12,15-16H2,(H,25,29)/t21-/m1/s1. The fraction of sp³-hybridized carbons (Fsp3) is 0.208. The van der Waals surface area contributed by atoms with Crippen molar-refractivity contribution < 1.29 is 14.4 Å². The molecule has 7 heteroatoms. The van der Waals surface area contributed by atoms with Crippen LogP contribution in [-0.4, -0.2) is 46.3 Å². The molecule has 156 valence electrons. The average Bonchev–Trinajstić information content (AvgIpc) is 3.48. The van der Waals surface area contributed by atoms with Crippen molar-refractivity contribution in [2.75, 3.05) is 23.3 Å². The molecule has 1 N–H and O–H groups in total. The van der Waals surface area contributed by atoms with Gasteiger partial charge in [0, 0.05) is 18.9 Å². The molecule has 2 aliphatic heterocycles. The van der Waals surface area contributed by atoms with E-state index in [1.807, 2.05) is 53.4 Å². The number of benzene rings is 2. The Balaban J connectivity index is 1.44. The molecule has 7 nitrogen and oxygen atoms in total. The van der Waals surface area contributed by atoms with Gasteiger partial charge in [-0.15, -0.1) is 0 Å². The van der Waals surface area contributed by atoms with Crippen LogP contribution >= 0.6 is 0 Å². The number of hydrogen-bond acceptors (Lipinski definition) is 3. The van der Waals surface area contributed by atoms with Crippen LogP contribution in [-0.2, 0) is 9.59 Å². The minimum atomic E-state index is -0.514. The first-order chi connectivity index (χ1) is 15.1. The summed E-state index contributed by atoms with van der Waals surface area (Å²) in [6.45, 7) is 0.404. The highest BCUT2D eigenvalue weighted by molar-refractivity contribution is 6.13. The summed E-state index contributed by atoms with van der Waals surface area (Å²) >= 11 is 0. The predicted octanol–water partition coefficient (Wildman–Crippen LogP) is 3.07. The van der Waals surface area contributed by atoms with E-state index in [1.165, 1.54) is 4.90 Å². The van der Waals surface area contributed by atoms with Crippen LogP contribution in [0.1, 0.15) is 23.2 Å². The van der Waals surface area contributed by atoms with Crippen LogP contribution in [0.15, 0.2) is 73.1 Å². The van der Waals surface area contributed by atoms with E-state index < -0.39 is 6.04 Å². The number of fused-ring (bicyclic) bond motifs is 2. The normalized spacial score (nSPS) is 17.9. The van der Waals surface area contributed by atoms with Crippen LogP contribution in [0, 0.1) is 0 Å². The average molecular weight is 414 g/mol. The molecule has 1 atom stereocenters. The highest BCUT2D eigenvalue weighted by atomic mass is 16.2.